The van der Waals surface area contributed by atoms with Crippen LogP contribution in [0.3, 0.4) is 0 Å². The van der Waals surface area contributed by atoms with Gasteiger partial charge in [0.15, 0.2) is 5.82 Å². The van der Waals surface area contributed by atoms with Crippen LogP contribution in [0.2, 0.25) is 0 Å². The molecule has 2 aromatic heterocycles. The van der Waals surface area contributed by atoms with Crippen molar-refractivity contribution in [2.24, 2.45) is 0 Å². The van der Waals surface area contributed by atoms with Gasteiger partial charge in [-0.25, -0.2) is 0 Å². The first kappa shape index (κ1) is 20.3. The summed E-state index contributed by atoms with van der Waals surface area (Å²) in [4.78, 5) is 13.4. The quantitative estimate of drug-likeness (QED) is 0.427. The maximum Gasteiger partial charge on any atom is 0.274 e. The van der Waals surface area contributed by atoms with E-state index in [9.17, 15) is 4.79 Å². The molecule has 156 valence electrons. The van der Waals surface area contributed by atoms with Crippen LogP contribution in [0.1, 0.15) is 37.5 Å². The molecule has 2 heterocycles. The van der Waals surface area contributed by atoms with Crippen molar-refractivity contribution in [1.29, 1.82) is 0 Å². The number of carbonyl (C=O) groups excluding carboxylic acids is 1. The molecule has 7 heteroatoms. The molecule has 1 amide bonds. The molecule has 4 aromatic rings. The van der Waals surface area contributed by atoms with E-state index >= 15 is 0 Å². The first-order valence-corrected chi connectivity index (χ1v) is 10.2. The third kappa shape index (κ3) is 4.45. The summed E-state index contributed by atoms with van der Waals surface area (Å²) in [5.41, 5.74) is 2.89. The predicted molar refractivity (Wildman–Crippen MR) is 120 cm³/mol. The SMILES string of the molecule is CC[C@H](C)c1ccccc1NC(=O)/C(=C\c1ccco1)n1nnnc1-c1ccccc1. The third-order valence-electron chi connectivity index (χ3n) is 5.14. The Hall–Kier alpha value is -4.00. The highest BCUT2D eigenvalue weighted by Gasteiger charge is 2.21. The average Bonchev–Trinajstić information content (AvgIpc) is 3.50. The Kier molecular flexibility index (Phi) is 6.03. The monoisotopic (exact) mass is 413 g/mol. The molecule has 0 aliphatic rings. The van der Waals surface area contributed by atoms with Crippen molar-refractivity contribution < 1.29 is 9.21 Å². The van der Waals surface area contributed by atoms with Gasteiger partial charge in [0.05, 0.1) is 6.26 Å². The van der Waals surface area contributed by atoms with Gasteiger partial charge in [-0.1, -0.05) is 62.4 Å². The summed E-state index contributed by atoms with van der Waals surface area (Å²) in [6.45, 7) is 4.26. The molecule has 0 aliphatic carbocycles. The molecular formula is C24H23N5O2. The van der Waals surface area contributed by atoms with Gasteiger partial charge in [0, 0.05) is 17.3 Å². The number of anilines is 1. The molecule has 0 saturated carbocycles. The number of nitrogens with one attached hydrogen (secondary N) is 1. The van der Waals surface area contributed by atoms with E-state index < -0.39 is 0 Å². The van der Waals surface area contributed by atoms with E-state index in [0.29, 0.717) is 17.5 Å². The van der Waals surface area contributed by atoms with Crippen molar-refractivity contribution in [3.05, 3.63) is 84.3 Å². The molecule has 4 rings (SSSR count). The van der Waals surface area contributed by atoms with Gasteiger partial charge in [-0.2, -0.15) is 4.68 Å². The Morgan fingerprint density at radius 2 is 1.87 bits per heavy atom. The van der Waals surface area contributed by atoms with E-state index in [2.05, 4.69) is 34.7 Å². The van der Waals surface area contributed by atoms with Crippen LogP contribution < -0.4 is 5.32 Å². The maximum absolute atomic E-state index is 13.4. The summed E-state index contributed by atoms with van der Waals surface area (Å²) >= 11 is 0. The molecule has 0 bridgehead atoms. The minimum absolute atomic E-state index is 0.248. The van der Waals surface area contributed by atoms with Crippen molar-refractivity contribution in [1.82, 2.24) is 20.2 Å². The number of hydrogen-bond donors (Lipinski definition) is 1. The van der Waals surface area contributed by atoms with Crippen molar-refractivity contribution >= 4 is 23.4 Å². The van der Waals surface area contributed by atoms with Crippen LogP contribution in [-0.4, -0.2) is 26.1 Å². The number of tetrazole rings is 1. The molecule has 0 unspecified atom stereocenters. The average molecular weight is 413 g/mol. The van der Waals surface area contributed by atoms with E-state index in [1.54, 1.807) is 24.5 Å². The molecule has 1 N–H and O–H groups in total. The summed E-state index contributed by atoms with van der Waals surface area (Å²) in [6, 6.07) is 20.8. The Balaban J connectivity index is 1.75. The Labute approximate surface area is 180 Å². The van der Waals surface area contributed by atoms with Crippen LogP contribution in [0.15, 0.2) is 77.4 Å². The lowest BCUT2D eigenvalue weighted by Crippen LogP contribution is -2.20. The minimum atomic E-state index is -0.336. The molecular weight excluding hydrogens is 390 g/mol. The topological polar surface area (TPSA) is 85.8 Å². The first-order valence-electron chi connectivity index (χ1n) is 10.2. The van der Waals surface area contributed by atoms with E-state index in [-0.39, 0.29) is 11.6 Å². The maximum atomic E-state index is 13.4. The number of amides is 1. The lowest BCUT2D eigenvalue weighted by Gasteiger charge is -2.16. The highest BCUT2D eigenvalue weighted by atomic mass is 16.3. The van der Waals surface area contributed by atoms with Crippen molar-refractivity contribution in [3.8, 4) is 11.4 Å². The molecule has 0 fully saturated rings. The molecule has 0 saturated heterocycles. The second-order valence-corrected chi connectivity index (χ2v) is 7.18. The van der Waals surface area contributed by atoms with Gasteiger partial charge in [-0.3, -0.25) is 4.79 Å². The number of nitrogens with zero attached hydrogens (tertiary/aromatic N) is 4. The number of para-hydroxylation sites is 1. The number of furan rings is 1. The zero-order chi connectivity index (χ0) is 21.6. The van der Waals surface area contributed by atoms with E-state index in [4.69, 9.17) is 4.42 Å². The molecule has 2 aromatic carbocycles. The number of benzene rings is 2. The van der Waals surface area contributed by atoms with E-state index in [1.807, 2.05) is 54.6 Å². The highest BCUT2D eigenvalue weighted by Crippen LogP contribution is 2.28. The van der Waals surface area contributed by atoms with E-state index in [1.165, 1.54) is 4.68 Å². The van der Waals surface area contributed by atoms with Crippen LogP contribution in [0.25, 0.3) is 23.2 Å². The normalized spacial score (nSPS) is 12.5. The van der Waals surface area contributed by atoms with Crippen LogP contribution >= 0.6 is 0 Å². The summed E-state index contributed by atoms with van der Waals surface area (Å²) in [6.07, 6.45) is 4.15. The van der Waals surface area contributed by atoms with Crippen molar-refractivity contribution in [2.75, 3.05) is 5.32 Å². The van der Waals surface area contributed by atoms with Gasteiger partial charge in [-0.05, 0) is 46.5 Å². The minimum Gasteiger partial charge on any atom is -0.465 e. The lowest BCUT2D eigenvalue weighted by molar-refractivity contribution is -0.111. The fourth-order valence-electron chi connectivity index (χ4n) is 3.29. The zero-order valence-corrected chi connectivity index (χ0v) is 17.4. The predicted octanol–water partition coefficient (Wildman–Crippen LogP) is 5.08. The number of rotatable bonds is 7. The Morgan fingerprint density at radius 1 is 1.10 bits per heavy atom. The number of aromatic nitrogens is 4. The van der Waals surface area contributed by atoms with E-state index in [0.717, 1.165) is 23.2 Å². The largest absolute Gasteiger partial charge is 0.465 e. The fourth-order valence-corrected chi connectivity index (χ4v) is 3.29. The Bertz CT molecular complexity index is 1180. The summed E-state index contributed by atoms with van der Waals surface area (Å²) in [7, 11) is 0. The van der Waals surface area contributed by atoms with Crippen LogP contribution in [0.4, 0.5) is 5.69 Å². The van der Waals surface area contributed by atoms with Gasteiger partial charge in [-0.15, -0.1) is 5.10 Å². The standard InChI is InChI=1S/C24H23N5O2/c1-3-17(2)20-13-7-8-14-21(20)25-24(30)22(16-19-12-9-15-31-19)29-23(26-27-28-29)18-10-5-4-6-11-18/h4-17H,3H2,1-2H3,(H,25,30)/b22-16+/t17-/m0/s1. The third-order valence-corrected chi connectivity index (χ3v) is 5.14. The molecule has 0 spiro atoms. The lowest BCUT2D eigenvalue weighted by atomic mass is 9.97. The first-order chi connectivity index (χ1) is 15.2. The van der Waals surface area contributed by atoms with Gasteiger partial charge in [0.25, 0.3) is 5.91 Å². The van der Waals surface area contributed by atoms with Crippen LogP contribution in [-0.2, 0) is 4.79 Å². The number of hydrogen-bond acceptors (Lipinski definition) is 5. The van der Waals surface area contributed by atoms with Gasteiger partial charge in [0.1, 0.15) is 11.5 Å². The Morgan fingerprint density at radius 3 is 2.61 bits per heavy atom. The van der Waals surface area contributed by atoms with Gasteiger partial charge in [0.2, 0.25) is 0 Å². The number of carbonyl (C=O) groups is 1. The summed E-state index contributed by atoms with van der Waals surface area (Å²) in [5.74, 6) is 0.956. The smallest absolute Gasteiger partial charge is 0.274 e. The summed E-state index contributed by atoms with van der Waals surface area (Å²) in [5, 5.41) is 15.1. The van der Waals surface area contributed by atoms with Gasteiger partial charge < -0.3 is 9.73 Å². The van der Waals surface area contributed by atoms with Crippen molar-refractivity contribution in [3.63, 3.8) is 0 Å². The second-order valence-electron chi connectivity index (χ2n) is 7.18. The van der Waals surface area contributed by atoms with Crippen molar-refractivity contribution in [2.45, 2.75) is 26.2 Å². The fraction of sp³-hybridized carbons (Fsp3) is 0.167. The molecule has 31 heavy (non-hydrogen) atoms. The summed E-state index contributed by atoms with van der Waals surface area (Å²) < 4.78 is 6.88. The van der Waals surface area contributed by atoms with Crippen LogP contribution in [0, 0.1) is 0 Å². The zero-order valence-electron chi connectivity index (χ0n) is 17.4. The molecule has 0 aliphatic heterocycles. The molecule has 0 radical (unpaired) electrons. The molecule has 1 atom stereocenters. The van der Waals surface area contributed by atoms with Gasteiger partial charge >= 0.3 is 0 Å². The molecule has 7 nitrogen and oxygen atoms in total. The van der Waals surface area contributed by atoms with Crippen LogP contribution in [0.5, 0.6) is 0 Å². The highest BCUT2D eigenvalue weighted by molar-refractivity contribution is 6.24. The second kappa shape index (κ2) is 9.21.